The molecule has 21 heavy (non-hydrogen) atoms. The number of hydrogen-bond acceptors (Lipinski definition) is 6. The Balaban J connectivity index is 2.22. The molecule has 1 fully saturated rings. The summed E-state index contributed by atoms with van der Waals surface area (Å²) in [6.45, 7) is 1.21. The third-order valence-electron chi connectivity index (χ3n) is 3.59. The average Bonchev–Trinajstić information content (AvgIpc) is 2.94. The van der Waals surface area contributed by atoms with Gasteiger partial charge in [0, 0.05) is 27.2 Å². The molecule has 0 saturated carbocycles. The molecule has 2 rings (SSSR count). The molecule has 1 saturated heterocycles. The normalized spacial score (nSPS) is 17.9. The maximum absolute atomic E-state index is 12.2. The predicted octanol–water partition coefficient (Wildman–Crippen LogP) is 0.125. The first-order valence-corrected chi connectivity index (χ1v) is 7.13. The van der Waals surface area contributed by atoms with Gasteiger partial charge in [-0.25, -0.2) is 4.98 Å². The van der Waals surface area contributed by atoms with Crippen molar-refractivity contribution in [2.75, 3.05) is 49.7 Å². The molecule has 4 N–H and O–H groups in total. The van der Waals surface area contributed by atoms with Crippen molar-refractivity contribution in [1.29, 1.82) is 0 Å². The monoisotopic (exact) mass is 293 g/mol. The van der Waals surface area contributed by atoms with Gasteiger partial charge in [0.05, 0.1) is 12.3 Å². The largest absolute Gasteiger partial charge is 0.396 e. The van der Waals surface area contributed by atoms with Crippen LogP contribution in [-0.2, 0) is 4.79 Å². The molecular formula is C14H23N5O2. The molecule has 0 bridgehead atoms. The number of nitrogen functional groups attached to an aromatic ring is 1. The van der Waals surface area contributed by atoms with E-state index in [4.69, 9.17) is 10.8 Å². The van der Waals surface area contributed by atoms with Gasteiger partial charge in [0.2, 0.25) is 5.91 Å². The second kappa shape index (κ2) is 6.62. The summed E-state index contributed by atoms with van der Waals surface area (Å²) in [7, 11) is 3.53. The first-order chi connectivity index (χ1) is 10.0. The number of carbonyl (C=O) groups is 1. The molecule has 7 nitrogen and oxygen atoms in total. The molecule has 1 aliphatic heterocycles. The first-order valence-electron chi connectivity index (χ1n) is 7.13. The number of nitrogens with zero attached hydrogens (tertiary/aromatic N) is 3. The van der Waals surface area contributed by atoms with Crippen LogP contribution in [0.3, 0.4) is 0 Å². The summed E-state index contributed by atoms with van der Waals surface area (Å²) in [4.78, 5) is 20.4. The van der Waals surface area contributed by atoms with E-state index in [1.54, 1.807) is 25.1 Å². The number of hydrogen-bond donors (Lipinski definition) is 3. The number of rotatable bonds is 5. The van der Waals surface area contributed by atoms with Gasteiger partial charge in [0.1, 0.15) is 11.9 Å². The van der Waals surface area contributed by atoms with Gasteiger partial charge in [-0.1, -0.05) is 0 Å². The highest BCUT2D eigenvalue weighted by molar-refractivity contribution is 5.85. The van der Waals surface area contributed by atoms with Crippen LogP contribution in [0.15, 0.2) is 12.1 Å². The standard InChI is InChI=1S/C14H23N5O2/c1-18(2)14(21)11-4-3-8-19(11)12-6-5-10(15)13(17-12)16-7-9-20/h5-6,11,20H,3-4,7-9,15H2,1-2H3,(H,16,17). The van der Waals surface area contributed by atoms with E-state index >= 15 is 0 Å². The van der Waals surface area contributed by atoms with E-state index in [9.17, 15) is 4.79 Å². The van der Waals surface area contributed by atoms with E-state index in [0.717, 1.165) is 25.2 Å². The number of amides is 1. The third-order valence-corrected chi connectivity index (χ3v) is 3.59. The molecule has 0 aliphatic carbocycles. The predicted molar refractivity (Wildman–Crippen MR) is 83.3 cm³/mol. The number of carbonyl (C=O) groups excluding carboxylic acids is 1. The fourth-order valence-corrected chi connectivity index (χ4v) is 2.53. The van der Waals surface area contributed by atoms with Crippen molar-refractivity contribution in [3.63, 3.8) is 0 Å². The fraction of sp³-hybridized carbons (Fsp3) is 0.571. The second-order valence-electron chi connectivity index (χ2n) is 5.34. The second-order valence-corrected chi connectivity index (χ2v) is 5.34. The zero-order valence-corrected chi connectivity index (χ0v) is 12.5. The Morgan fingerprint density at radius 1 is 1.57 bits per heavy atom. The number of aliphatic hydroxyl groups is 1. The lowest BCUT2D eigenvalue weighted by Gasteiger charge is -2.27. The van der Waals surface area contributed by atoms with Gasteiger partial charge in [-0.3, -0.25) is 4.79 Å². The number of aliphatic hydroxyl groups excluding tert-OH is 1. The first kappa shape index (κ1) is 15.4. The zero-order valence-electron chi connectivity index (χ0n) is 12.5. The summed E-state index contributed by atoms with van der Waals surface area (Å²) in [6.07, 6.45) is 1.80. The highest BCUT2D eigenvalue weighted by Gasteiger charge is 2.32. The van der Waals surface area contributed by atoms with Gasteiger partial charge >= 0.3 is 0 Å². The minimum atomic E-state index is -0.165. The number of likely N-dealkylation sites (N-methyl/N-ethyl adjacent to an activating group) is 1. The van der Waals surface area contributed by atoms with E-state index < -0.39 is 0 Å². The van der Waals surface area contributed by atoms with Gasteiger partial charge in [0.25, 0.3) is 0 Å². The summed E-state index contributed by atoms with van der Waals surface area (Å²) < 4.78 is 0. The molecule has 116 valence electrons. The molecular weight excluding hydrogens is 270 g/mol. The summed E-state index contributed by atoms with van der Waals surface area (Å²) in [5.74, 6) is 1.38. The molecule has 1 unspecified atom stereocenters. The Hall–Kier alpha value is -2.02. The molecule has 7 heteroatoms. The van der Waals surface area contributed by atoms with Crippen molar-refractivity contribution in [3.05, 3.63) is 12.1 Å². The molecule has 1 aromatic heterocycles. The van der Waals surface area contributed by atoms with Crippen molar-refractivity contribution in [2.24, 2.45) is 0 Å². The Morgan fingerprint density at radius 3 is 3.00 bits per heavy atom. The van der Waals surface area contributed by atoms with Crippen LogP contribution in [-0.4, -0.2) is 60.7 Å². The summed E-state index contributed by atoms with van der Waals surface area (Å²) in [5.41, 5.74) is 6.40. The number of pyridine rings is 1. The van der Waals surface area contributed by atoms with Gasteiger partial charge in [-0.2, -0.15) is 0 Å². The Kier molecular flexibility index (Phi) is 4.85. The summed E-state index contributed by atoms with van der Waals surface area (Å²) in [5, 5.41) is 11.9. The number of nitrogens with one attached hydrogen (secondary N) is 1. The Morgan fingerprint density at radius 2 is 2.33 bits per heavy atom. The summed E-state index contributed by atoms with van der Waals surface area (Å²) >= 11 is 0. The lowest BCUT2D eigenvalue weighted by atomic mass is 10.2. The number of nitrogens with two attached hydrogens (primary N) is 1. The van der Waals surface area contributed by atoms with E-state index in [0.29, 0.717) is 18.1 Å². The molecule has 0 spiro atoms. The quantitative estimate of drug-likeness (QED) is 0.714. The smallest absolute Gasteiger partial charge is 0.244 e. The van der Waals surface area contributed by atoms with Crippen molar-refractivity contribution in [3.8, 4) is 0 Å². The van der Waals surface area contributed by atoms with Crippen molar-refractivity contribution < 1.29 is 9.90 Å². The van der Waals surface area contributed by atoms with Crippen LogP contribution >= 0.6 is 0 Å². The van der Waals surface area contributed by atoms with E-state index in [1.807, 2.05) is 11.0 Å². The highest BCUT2D eigenvalue weighted by atomic mass is 16.3. The van der Waals surface area contributed by atoms with Crippen LogP contribution < -0.4 is 16.0 Å². The maximum Gasteiger partial charge on any atom is 0.244 e. The molecule has 0 radical (unpaired) electrons. The minimum absolute atomic E-state index is 0.0107. The van der Waals surface area contributed by atoms with Crippen LogP contribution in [0.25, 0.3) is 0 Å². The SMILES string of the molecule is CN(C)C(=O)C1CCCN1c1ccc(N)c(NCCO)n1. The van der Waals surface area contributed by atoms with E-state index in [-0.39, 0.29) is 18.6 Å². The van der Waals surface area contributed by atoms with Gasteiger partial charge in [-0.05, 0) is 25.0 Å². The molecule has 2 heterocycles. The molecule has 1 aliphatic rings. The minimum Gasteiger partial charge on any atom is -0.396 e. The lowest BCUT2D eigenvalue weighted by Crippen LogP contribution is -2.43. The highest BCUT2D eigenvalue weighted by Crippen LogP contribution is 2.28. The van der Waals surface area contributed by atoms with Crippen LogP contribution in [0.4, 0.5) is 17.3 Å². The van der Waals surface area contributed by atoms with Crippen LogP contribution in [0, 0.1) is 0 Å². The fourth-order valence-electron chi connectivity index (χ4n) is 2.53. The molecule has 0 aromatic carbocycles. The van der Waals surface area contributed by atoms with Crippen molar-refractivity contribution in [2.45, 2.75) is 18.9 Å². The van der Waals surface area contributed by atoms with Crippen LogP contribution in [0.2, 0.25) is 0 Å². The van der Waals surface area contributed by atoms with Crippen LogP contribution in [0.1, 0.15) is 12.8 Å². The summed E-state index contributed by atoms with van der Waals surface area (Å²) in [6, 6.07) is 3.44. The van der Waals surface area contributed by atoms with E-state index in [1.165, 1.54) is 0 Å². The Bertz CT molecular complexity index is 506. The number of anilines is 3. The van der Waals surface area contributed by atoms with Gasteiger partial charge < -0.3 is 26.0 Å². The van der Waals surface area contributed by atoms with Crippen molar-refractivity contribution >= 4 is 23.2 Å². The molecule has 1 amide bonds. The van der Waals surface area contributed by atoms with Gasteiger partial charge in [-0.15, -0.1) is 0 Å². The Labute approximate surface area is 124 Å². The molecule has 1 aromatic rings. The topological polar surface area (TPSA) is 94.7 Å². The van der Waals surface area contributed by atoms with Gasteiger partial charge in [0.15, 0.2) is 5.82 Å². The van der Waals surface area contributed by atoms with E-state index in [2.05, 4.69) is 10.3 Å². The van der Waals surface area contributed by atoms with Crippen molar-refractivity contribution in [1.82, 2.24) is 9.88 Å². The third kappa shape index (κ3) is 3.36. The average molecular weight is 293 g/mol. The lowest BCUT2D eigenvalue weighted by molar-refractivity contribution is -0.129. The molecule has 1 atom stereocenters. The maximum atomic E-state index is 12.2. The number of aromatic nitrogens is 1. The van der Waals surface area contributed by atoms with Crippen LogP contribution in [0.5, 0.6) is 0 Å². The zero-order chi connectivity index (χ0) is 15.4.